The van der Waals surface area contributed by atoms with Crippen molar-refractivity contribution in [3.8, 4) is 0 Å². The lowest BCUT2D eigenvalue weighted by molar-refractivity contribution is -0.113. The van der Waals surface area contributed by atoms with Crippen molar-refractivity contribution >= 4 is 44.3 Å². The molecule has 32 heavy (non-hydrogen) atoms. The van der Waals surface area contributed by atoms with Crippen LogP contribution >= 0.6 is 11.8 Å². The molecule has 1 aliphatic rings. The number of aryl methyl sites for hydroxylation is 1. The van der Waals surface area contributed by atoms with E-state index in [0.29, 0.717) is 27.3 Å². The second-order valence-corrected chi connectivity index (χ2v) is 10.4. The van der Waals surface area contributed by atoms with E-state index >= 15 is 0 Å². The van der Waals surface area contributed by atoms with Gasteiger partial charge in [0.25, 0.3) is 5.56 Å². The second-order valence-electron chi connectivity index (χ2n) is 7.89. The average molecular weight is 473 g/mol. The van der Waals surface area contributed by atoms with Gasteiger partial charge in [-0.25, -0.2) is 18.5 Å². The molecule has 0 aliphatic heterocycles. The number of hydrogen-bond donors (Lipinski definition) is 2. The smallest absolute Gasteiger partial charge is 0.262 e. The number of amides is 1. The van der Waals surface area contributed by atoms with E-state index < -0.39 is 10.0 Å². The number of thioether (sulfide) groups is 1. The maximum absolute atomic E-state index is 13.2. The van der Waals surface area contributed by atoms with E-state index in [-0.39, 0.29) is 28.2 Å². The van der Waals surface area contributed by atoms with Gasteiger partial charge in [-0.15, -0.1) is 0 Å². The summed E-state index contributed by atoms with van der Waals surface area (Å²) in [4.78, 5) is 30.4. The number of nitrogens with one attached hydrogen (secondary N) is 1. The minimum atomic E-state index is -3.89. The number of para-hydroxylation sites is 1. The minimum absolute atomic E-state index is 0.0239. The summed E-state index contributed by atoms with van der Waals surface area (Å²) in [7, 11) is -3.89. The van der Waals surface area contributed by atoms with Gasteiger partial charge in [0.2, 0.25) is 15.9 Å². The molecule has 0 radical (unpaired) electrons. The van der Waals surface area contributed by atoms with E-state index in [1.165, 1.54) is 17.8 Å². The molecule has 3 aromatic rings. The number of hydrogen-bond acceptors (Lipinski definition) is 6. The lowest BCUT2D eigenvalue weighted by atomic mass is 10.2. The topological polar surface area (TPSA) is 124 Å². The van der Waals surface area contributed by atoms with Crippen LogP contribution in [-0.2, 0) is 14.8 Å². The van der Waals surface area contributed by atoms with E-state index in [2.05, 4.69) is 10.3 Å². The molecule has 1 aromatic heterocycles. The Morgan fingerprint density at radius 3 is 2.66 bits per heavy atom. The maximum Gasteiger partial charge on any atom is 0.262 e. The van der Waals surface area contributed by atoms with Gasteiger partial charge in [-0.3, -0.25) is 14.2 Å². The quantitative estimate of drug-likeness (QED) is 0.419. The van der Waals surface area contributed by atoms with Gasteiger partial charge in [-0.05, 0) is 49.6 Å². The Morgan fingerprint density at radius 2 is 1.94 bits per heavy atom. The van der Waals surface area contributed by atoms with Crippen molar-refractivity contribution in [2.75, 3.05) is 11.1 Å². The molecule has 0 spiro atoms. The van der Waals surface area contributed by atoms with Gasteiger partial charge in [0.1, 0.15) is 0 Å². The molecule has 1 fully saturated rings. The van der Waals surface area contributed by atoms with E-state index in [4.69, 9.17) is 5.14 Å². The average Bonchev–Trinajstić information content (AvgIpc) is 3.27. The van der Waals surface area contributed by atoms with E-state index in [9.17, 15) is 18.0 Å². The first-order valence-electron chi connectivity index (χ1n) is 10.3. The van der Waals surface area contributed by atoms with Crippen molar-refractivity contribution in [3.05, 3.63) is 58.4 Å². The van der Waals surface area contributed by atoms with Crippen LogP contribution in [-0.4, -0.2) is 29.6 Å². The Morgan fingerprint density at radius 1 is 1.22 bits per heavy atom. The normalized spacial score (nSPS) is 14.7. The first kappa shape index (κ1) is 22.5. The number of nitrogens with two attached hydrogens (primary N) is 1. The Balaban J connectivity index is 1.57. The third kappa shape index (κ3) is 4.72. The zero-order valence-corrected chi connectivity index (χ0v) is 19.2. The number of carbonyl (C=O) groups excluding carboxylic acids is 1. The summed E-state index contributed by atoms with van der Waals surface area (Å²) < 4.78 is 25.2. The number of sulfonamides is 1. The molecule has 0 atom stereocenters. The Kier molecular flexibility index (Phi) is 6.36. The number of aromatic nitrogens is 2. The third-order valence-electron chi connectivity index (χ3n) is 5.58. The molecule has 8 nitrogen and oxygen atoms in total. The van der Waals surface area contributed by atoms with Crippen molar-refractivity contribution in [2.24, 2.45) is 5.14 Å². The molecular formula is C22H24N4O4S2. The van der Waals surface area contributed by atoms with Gasteiger partial charge in [-0.2, -0.15) is 0 Å². The molecule has 3 N–H and O–H groups in total. The van der Waals surface area contributed by atoms with E-state index in [1.807, 2.05) is 12.1 Å². The molecule has 1 amide bonds. The Hall–Kier alpha value is -2.69. The van der Waals surface area contributed by atoms with Crippen molar-refractivity contribution in [1.82, 2.24) is 9.55 Å². The van der Waals surface area contributed by atoms with Gasteiger partial charge in [-0.1, -0.05) is 42.8 Å². The van der Waals surface area contributed by atoms with Crippen LogP contribution in [0.15, 0.2) is 57.3 Å². The van der Waals surface area contributed by atoms with Crippen LogP contribution in [0.25, 0.3) is 10.9 Å². The molecule has 1 heterocycles. The Bertz CT molecular complexity index is 1350. The van der Waals surface area contributed by atoms with Crippen LogP contribution in [0.3, 0.4) is 0 Å². The molecule has 1 saturated carbocycles. The van der Waals surface area contributed by atoms with Crippen LogP contribution in [0.5, 0.6) is 0 Å². The molecule has 10 heteroatoms. The summed E-state index contributed by atoms with van der Waals surface area (Å²) in [6, 6.07) is 11.9. The molecule has 2 aromatic carbocycles. The monoisotopic (exact) mass is 472 g/mol. The highest BCUT2D eigenvalue weighted by atomic mass is 32.2. The standard InChI is InChI=1S/C22H24N4O4S2/c1-14-10-11-15(12-19(14)32(23,29)30)24-20(27)13-31-22-25-18-9-5-4-8-17(18)21(28)26(22)16-6-2-3-7-16/h4-5,8-12,16H,2-3,6-7,13H2,1H3,(H,24,27)(H2,23,29,30). The molecule has 1 aliphatic carbocycles. The summed E-state index contributed by atoms with van der Waals surface area (Å²) in [6.45, 7) is 1.63. The summed E-state index contributed by atoms with van der Waals surface area (Å²) in [5.74, 6) is -0.310. The highest BCUT2D eigenvalue weighted by molar-refractivity contribution is 7.99. The van der Waals surface area contributed by atoms with Crippen LogP contribution in [0.2, 0.25) is 0 Å². The number of fused-ring (bicyclic) bond motifs is 1. The molecule has 0 unspecified atom stereocenters. The number of anilines is 1. The minimum Gasteiger partial charge on any atom is -0.325 e. The Labute approximate surface area is 190 Å². The second kappa shape index (κ2) is 9.05. The van der Waals surface area contributed by atoms with Crippen LogP contribution < -0.4 is 16.0 Å². The van der Waals surface area contributed by atoms with Crippen LogP contribution in [0.4, 0.5) is 5.69 Å². The van der Waals surface area contributed by atoms with Crippen molar-refractivity contribution in [3.63, 3.8) is 0 Å². The van der Waals surface area contributed by atoms with Crippen molar-refractivity contribution < 1.29 is 13.2 Å². The van der Waals surface area contributed by atoms with Crippen LogP contribution in [0.1, 0.15) is 37.3 Å². The number of rotatable bonds is 6. The number of primary sulfonamides is 1. The first-order valence-corrected chi connectivity index (χ1v) is 12.8. The van der Waals surface area contributed by atoms with E-state index in [1.54, 1.807) is 35.8 Å². The molecular weight excluding hydrogens is 448 g/mol. The van der Waals surface area contributed by atoms with Crippen LogP contribution in [0, 0.1) is 6.92 Å². The third-order valence-corrected chi connectivity index (χ3v) is 7.58. The molecule has 4 rings (SSSR count). The zero-order chi connectivity index (χ0) is 22.9. The highest BCUT2D eigenvalue weighted by Crippen LogP contribution is 2.32. The fraction of sp³-hybridized carbons (Fsp3) is 0.318. The fourth-order valence-corrected chi connectivity index (χ4v) is 5.70. The number of carbonyl (C=O) groups is 1. The lowest BCUT2D eigenvalue weighted by Crippen LogP contribution is -2.27. The largest absolute Gasteiger partial charge is 0.325 e. The van der Waals surface area contributed by atoms with Gasteiger partial charge < -0.3 is 5.32 Å². The molecule has 168 valence electrons. The van der Waals surface area contributed by atoms with Crippen molar-refractivity contribution in [1.29, 1.82) is 0 Å². The first-order chi connectivity index (χ1) is 15.2. The van der Waals surface area contributed by atoms with Gasteiger partial charge in [0.15, 0.2) is 5.16 Å². The SMILES string of the molecule is Cc1ccc(NC(=O)CSc2nc3ccccc3c(=O)n2C2CCCC2)cc1S(N)(=O)=O. The number of benzene rings is 2. The summed E-state index contributed by atoms with van der Waals surface area (Å²) in [5, 5.41) is 9.03. The molecule has 0 saturated heterocycles. The van der Waals surface area contributed by atoms with Gasteiger partial charge in [0, 0.05) is 11.7 Å². The van der Waals surface area contributed by atoms with Gasteiger partial charge >= 0.3 is 0 Å². The molecule has 0 bridgehead atoms. The predicted molar refractivity (Wildman–Crippen MR) is 125 cm³/mol. The van der Waals surface area contributed by atoms with Gasteiger partial charge in [0.05, 0.1) is 21.6 Å². The zero-order valence-electron chi connectivity index (χ0n) is 17.6. The van der Waals surface area contributed by atoms with E-state index in [0.717, 1.165) is 25.7 Å². The summed E-state index contributed by atoms with van der Waals surface area (Å²) in [5.41, 5.74) is 1.36. The summed E-state index contributed by atoms with van der Waals surface area (Å²) >= 11 is 1.20. The maximum atomic E-state index is 13.2. The van der Waals surface area contributed by atoms with Crippen molar-refractivity contribution in [2.45, 2.75) is 48.7 Å². The highest BCUT2D eigenvalue weighted by Gasteiger charge is 2.23. The predicted octanol–water partition coefficient (Wildman–Crippen LogP) is 3.20. The summed E-state index contributed by atoms with van der Waals surface area (Å²) in [6.07, 6.45) is 3.96. The number of nitrogens with zero attached hydrogens (tertiary/aromatic N) is 2. The fourth-order valence-electron chi connectivity index (χ4n) is 4.02. The lowest BCUT2D eigenvalue weighted by Gasteiger charge is -2.18.